The van der Waals surface area contributed by atoms with Crippen molar-refractivity contribution in [3.63, 3.8) is 0 Å². The number of halogens is 2. The Balaban J connectivity index is 2.68. The number of benzene rings is 1. The highest BCUT2D eigenvalue weighted by atomic mass is 79.9. The van der Waals surface area contributed by atoms with Gasteiger partial charge in [0.25, 0.3) is 0 Å². The highest BCUT2D eigenvalue weighted by Crippen LogP contribution is 2.25. The minimum Gasteiger partial charge on any atom is -0.250 e. The maximum Gasteiger partial charge on any atom is 0.149 e. The number of rotatable bonds is 2. The van der Waals surface area contributed by atoms with Crippen molar-refractivity contribution >= 4 is 26.8 Å². The minimum atomic E-state index is -0.258. The van der Waals surface area contributed by atoms with Gasteiger partial charge in [-0.25, -0.2) is 9.37 Å². The van der Waals surface area contributed by atoms with Gasteiger partial charge >= 0.3 is 0 Å². The van der Waals surface area contributed by atoms with E-state index in [1.165, 1.54) is 6.07 Å². The number of aromatic nitrogens is 1. The summed E-state index contributed by atoms with van der Waals surface area (Å²) in [7, 11) is 0. The van der Waals surface area contributed by atoms with Crippen LogP contribution < -0.4 is 0 Å². The Bertz CT molecular complexity index is 496. The molecule has 2 rings (SSSR count). The first-order chi connectivity index (χ1) is 7.22. The largest absolute Gasteiger partial charge is 0.250 e. The molecule has 0 bridgehead atoms. The van der Waals surface area contributed by atoms with E-state index in [1.54, 1.807) is 6.07 Å². The zero-order valence-corrected chi connectivity index (χ0v) is 10.0. The molecule has 15 heavy (non-hydrogen) atoms. The van der Waals surface area contributed by atoms with Crippen molar-refractivity contribution in [3.05, 3.63) is 40.2 Å². The molecule has 0 atom stereocenters. The summed E-state index contributed by atoms with van der Waals surface area (Å²) in [6.07, 6.45) is 1.89. The molecule has 1 aromatic heterocycles. The first-order valence-corrected chi connectivity index (χ1v) is 5.75. The Labute approximate surface area is 96.5 Å². The lowest BCUT2D eigenvalue weighted by Crippen LogP contribution is -1.93. The van der Waals surface area contributed by atoms with E-state index in [-0.39, 0.29) is 5.82 Å². The van der Waals surface area contributed by atoms with E-state index < -0.39 is 0 Å². The summed E-state index contributed by atoms with van der Waals surface area (Å²) in [5, 5.41) is 0.829. The van der Waals surface area contributed by atoms with E-state index >= 15 is 0 Å². The molecule has 0 amide bonds. The number of hydrogen-bond acceptors (Lipinski definition) is 1. The first-order valence-electron chi connectivity index (χ1n) is 4.96. The highest BCUT2D eigenvalue weighted by molar-refractivity contribution is 9.10. The van der Waals surface area contributed by atoms with Gasteiger partial charge in [-0.05, 0) is 18.6 Å². The molecule has 0 unspecified atom stereocenters. The molecular formula is C12H11BrFN. The zero-order valence-electron chi connectivity index (χ0n) is 8.43. The number of nitrogens with zero attached hydrogens (tertiary/aromatic N) is 1. The second-order valence-electron chi connectivity index (χ2n) is 3.48. The van der Waals surface area contributed by atoms with Gasteiger partial charge in [-0.1, -0.05) is 41.4 Å². The lowest BCUT2D eigenvalue weighted by molar-refractivity contribution is 0.636. The van der Waals surface area contributed by atoms with Crippen molar-refractivity contribution in [3.8, 4) is 0 Å². The summed E-state index contributed by atoms with van der Waals surface area (Å²) >= 11 is 3.45. The van der Waals surface area contributed by atoms with Gasteiger partial charge in [0.15, 0.2) is 0 Å². The van der Waals surface area contributed by atoms with Gasteiger partial charge in [0.2, 0.25) is 0 Å². The molecule has 0 saturated carbocycles. The predicted molar refractivity (Wildman–Crippen MR) is 63.4 cm³/mol. The van der Waals surface area contributed by atoms with Crippen LogP contribution in [0.5, 0.6) is 0 Å². The van der Waals surface area contributed by atoms with E-state index in [2.05, 4.69) is 27.8 Å². The standard InChI is InChI=1S/C12H11BrFN/c1-2-4-8-7-10(13)9-5-3-6-11(14)12(9)15-8/h3,5-7H,2,4H2,1H3. The molecule has 1 nitrogen and oxygen atoms in total. The van der Waals surface area contributed by atoms with Gasteiger partial charge in [0.05, 0.1) is 0 Å². The van der Waals surface area contributed by atoms with Crippen molar-refractivity contribution < 1.29 is 4.39 Å². The van der Waals surface area contributed by atoms with Crippen molar-refractivity contribution in [2.24, 2.45) is 0 Å². The fraction of sp³-hybridized carbons (Fsp3) is 0.250. The summed E-state index contributed by atoms with van der Waals surface area (Å²) in [5.74, 6) is -0.258. The topological polar surface area (TPSA) is 12.9 Å². The van der Waals surface area contributed by atoms with Crippen LogP contribution in [0.25, 0.3) is 10.9 Å². The van der Waals surface area contributed by atoms with Crippen LogP contribution >= 0.6 is 15.9 Å². The van der Waals surface area contributed by atoms with Gasteiger partial charge in [-0.15, -0.1) is 0 Å². The average molecular weight is 268 g/mol. The molecule has 0 radical (unpaired) electrons. The second-order valence-corrected chi connectivity index (χ2v) is 4.34. The lowest BCUT2D eigenvalue weighted by Gasteiger charge is -2.05. The van der Waals surface area contributed by atoms with Gasteiger partial charge in [-0.3, -0.25) is 0 Å². The fourth-order valence-corrected chi connectivity index (χ4v) is 2.19. The summed E-state index contributed by atoms with van der Waals surface area (Å²) in [5.41, 5.74) is 1.39. The van der Waals surface area contributed by atoms with Crippen molar-refractivity contribution in [2.75, 3.05) is 0 Å². The van der Waals surface area contributed by atoms with E-state index in [0.29, 0.717) is 5.52 Å². The van der Waals surface area contributed by atoms with Crippen LogP contribution in [0.15, 0.2) is 28.7 Å². The van der Waals surface area contributed by atoms with E-state index in [1.807, 2.05) is 12.1 Å². The molecule has 0 aliphatic carbocycles. The Morgan fingerprint density at radius 1 is 1.40 bits per heavy atom. The van der Waals surface area contributed by atoms with Crippen molar-refractivity contribution in [1.29, 1.82) is 0 Å². The van der Waals surface area contributed by atoms with Gasteiger partial charge < -0.3 is 0 Å². The summed E-state index contributed by atoms with van der Waals surface area (Å²) in [6.45, 7) is 2.08. The monoisotopic (exact) mass is 267 g/mol. The van der Waals surface area contributed by atoms with Gasteiger partial charge in [0, 0.05) is 15.6 Å². The Morgan fingerprint density at radius 2 is 2.20 bits per heavy atom. The normalized spacial score (nSPS) is 10.9. The number of pyridine rings is 1. The summed E-state index contributed by atoms with van der Waals surface area (Å²) in [6, 6.07) is 6.97. The smallest absolute Gasteiger partial charge is 0.149 e. The summed E-state index contributed by atoms with van der Waals surface area (Å²) < 4.78 is 14.4. The maximum atomic E-state index is 13.5. The third-order valence-corrected chi connectivity index (χ3v) is 2.96. The molecule has 3 heteroatoms. The Hall–Kier alpha value is -0.960. The third kappa shape index (κ3) is 2.02. The van der Waals surface area contributed by atoms with E-state index in [0.717, 1.165) is 28.4 Å². The Kier molecular flexibility index (Phi) is 3.00. The molecule has 0 aliphatic heterocycles. The van der Waals surface area contributed by atoms with Crippen LogP contribution in [-0.2, 0) is 6.42 Å². The number of fused-ring (bicyclic) bond motifs is 1. The zero-order chi connectivity index (χ0) is 10.8. The molecule has 1 heterocycles. The maximum absolute atomic E-state index is 13.5. The Morgan fingerprint density at radius 3 is 2.93 bits per heavy atom. The molecule has 0 saturated heterocycles. The lowest BCUT2D eigenvalue weighted by atomic mass is 10.1. The highest BCUT2D eigenvalue weighted by Gasteiger charge is 2.06. The molecule has 1 aromatic carbocycles. The van der Waals surface area contributed by atoms with E-state index in [4.69, 9.17) is 0 Å². The van der Waals surface area contributed by atoms with Gasteiger partial charge in [0.1, 0.15) is 11.3 Å². The van der Waals surface area contributed by atoms with Crippen LogP contribution in [0, 0.1) is 5.82 Å². The molecular weight excluding hydrogens is 257 g/mol. The van der Waals surface area contributed by atoms with Crippen LogP contribution in [0.1, 0.15) is 19.0 Å². The number of aryl methyl sites for hydroxylation is 1. The summed E-state index contributed by atoms with van der Waals surface area (Å²) in [4.78, 5) is 4.32. The third-order valence-electron chi connectivity index (χ3n) is 2.30. The first kappa shape index (κ1) is 10.6. The van der Waals surface area contributed by atoms with Crippen LogP contribution in [0.3, 0.4) is 0 Å². The number of hydrogen-bond donors (Lipinski definition) is 0. The van der Waals surface area contributed by atoms with E-state index in [9.17, 15) is 4.39 Å². The predicted octanol–water partition coefficient (Wildman–Crippen LogP) is 4.09. The van der Waals surface area contributed by atoms with Crippen LogP contribution in [0.2, 0.25) is 0 Å². The molecule has 78 valence electrons. The molecule has 2 aromatic rings. The van der Waals surface area contributed by atoms with Crippen molar-refractivity contribution in [2.45, 2.75) is 19.8 Å². The SMILES string of the molecule is CCCc1cc(Br)c2cccc(F)c2n1. The quantitative estimate of drug-likeness (QED) is 0.799. The van der Waals surface area contributed by atoms with Crippen LogP contribution in [0.4, 0.5) is 4.39 Å². The number of para-hydroxylation sites is 1. The van der Waals surface area contributed by atoms with Gasteiger partial charge in [-0.2, -0.15) is 0 Å². The molecule has 0 N–H and O–H groups in total. The molecule has 0 fully saturated rings. The minimum absolute atomic E-state index is 0.258. The van der Waals surface area contributed by atoms with Crippen LogP contribution in [-0.4, -0.2) is 4.98 Å². The molecule has 0 aliphatic rings. The molecule has 0 spiro atoms. The average Bonchev–Trinajstić information content (AvgIpc) is 2.20. The second kappa shape index (κ2) is 4.27. The fourth-order valence-electron chi connectivity index (χ4n) is 1.61. The van der Waals surface area contributed by atoms with Crippen molar-refractivity contribution in [1.82, 2.24) is 4.98 Å².